The summed E-state index contributed by atoms with van der Waals surface area (Å²) in [5.41, 5.74) is 2.37. The molecule has 218 valence electrons. The zero-order valence-corrected chi connectivity index (χ0v) is 24.5. The third-order valence-electron chi connectivity index (χ3n) is 6.88. The molecule has 0 fully saturated rings. The van der Waals surface area contributed by atoms with Crippen molar-refractivity contribution in [3.05, 3.63) is 101 Å². The number of aromatic nitrogens is 3. The van der Waals surface area contributed by atoms with Gasteiger partial charge in [0.15, 0.2) is 0 Å². The van der Waals surface area contributed by atoms with Crippen LogP contribution in [0, 0.1) is 11.6 Å². The summed E-state index contributed by atoms with van der Waals surface area (Å²) in [6.45, 7) is 5.90. The number of halogens is 2. The molecule has 0 bridgehead atoms. The van der Waals surface area contributed by atoms with E-state index in [2.05, 4.69) is 10.3 Å². The average molecular weight is 592 g/mol. The maximum atomic E-state index is 15.3. The van der Waals surface area contributed by atoms with Crippen molar-refractivity contribution in [2.75, 3.05) is 24.3 Å². The fourth-order valence-electron chi connectivity index (χ4n) is 4.84. The summed E-state index contributed by atoms with van der Waals surface area (Å²) in [6.07, 6.45) is 3.30. The highest BCUT2D eigenvalue weighted by Crippen LogP contribution is 2.49. The van der Waals surface area contributed by atoms with Crippen LogP contribution in [-0.4, -0.2) is 46.0 Å². The number of amides is 2. The molecule has 2 aromatic heterocycles. The molecule has 1 atom stereocenters. The van der Waals surface area contributed by atoms with Gasteiger partial charge in [-0.15, -0.1) is 11.8 Å². The predicted octanol–water partition coefficient (Wildman–Crippen LogP) is 5.34. The molecule has 1 aliphatic rings. The summed E-state index contributed by atoms with van der Waals surface area (Å²) in [6, 6.07) is 14.2. The Hall–Kier alpha value is -4.25. The smallest absolute Gasteiger partial charge is 0.240 e. The van der Waals surface area contributed by atoms with Crippen LogP contribution in [0.1, 0.15) is 48.4 Å². The van der Waals surface area contributed by atoms with Gasteiger partial charge in [0, 0.05) is 41.5 Å². The zero-order valence-electron chi connectivity index (χ0n) is 23.7. The first-order chi connectivity index (χ1) is 20.1. The Morgan fingerprint density at radius 2 is 1.90 bits per heavy atom. The van der Waals surface area contributed by atoms with Crippen LogP contribution in [0.15, 0.2) is 67.0 Å². The minimum absolute atomic E-state index is 0.0295. The Bertz CT molecular complexity index is 1600. The number of carbonyl (C=O) groups is 2. The fraction of sp³-hybridized carbons (Fsp3) is 0.290. The number of hydrogen-bond acceptors (Lipinski definition) is 6. The molecule has 1 aliphatic heterocycles. The second kappa shape index (κ2) is 11.9. The van der Waals surface area contributed by atoms with E-state index in [1.807, 2.05) is 26.8 Å². The summed E-state index contributed by atoms with van der Waals surface area (Å²) in [7, 11) is 1.57. The van der Waals surface area contributed by atoms with Crippen molar-refractivity contribution in [2.24, 2.45) is 0 Å². The van der Waals surface area contributed by atoms with Crippen LogP contribution >= 0.6 is 11.8 Å². The summed E-state index contributed by atoms with van der Waals surface area (Å²) in [5, 5.41) is 7.15. The normalized spacial score (nSPS) is 15.2. The van der Waals surface area contributed by atoms with Gasteiger partial charge in [-0.05, 0) is 42.0 Å². The molecule has 0 spiro atoms. The number of nitrogens with zero attached hydrogens (tertiary/aromatic N) is 4. The first-order valence-corrected chi connectivity index (χ1v) is 14.4. The predicted molar refractivity (Wildman–Crippen MR) is 158 cm³/mol. The lowest BCUT2D eigenvalue weighted by molar-refractivity contribution is -0.123. The van der Waals surface area contributed by atoms with E-state index in [0.29, 0.717) is 28.5 Å². The van der Waals surface area contributed by atoms with E-state index in [1.54, 1.807) is 54.5 Å². The third-order valence-corrected chi connectivity index (χ3v) is 8.11. The molecular formula is C31H31F2N5O3S. The zero-order chi connectivity index (χ0) is 30.0. The van der Waals surface area contributed by atoms with Crippen molar-refractivity contribution in [1.29, 1.82) is 0 Å². The average Bonchev–Trinajstić information content (AvgIpc) is 3.31. The number of thioether (sulfide) groups is 1. The SMILES string of the molecule is COc1ccc(-n2nc(C(C)(C)C)c3c2N(CC(=O)NCc2cccnc2)C(=O)CS[C@H]3c2ccc(F)cc2F)cc1. The number of pyridine rings is 1. The summed E-state index contributed by atoms with van der Waals surface area (Å²) < 4.78 is 36.2. The van der Waals surface area contributed by atoms with Gasteiger partial charge in [0.05, 0.1) is 29.5 Å². The molecule has 0 aliphatic carbocycles. The number of methoxy groups -OCH3 is 1. The van der Waals surface area contributed by atoms with E-state index in [9.17, 15) is 14.0 Å². The molecule has 2 aromatic carbocycles. The Kier molecular flexibility index (Phi) is 8.31. The Morgan fingerprint density at radius 3 is 2.55 bits per heavy atom. The van der Waals surface area contributed by atoms with Crippen LogP contribution in [0.4, 0.5) is 14.6 Å². The van der Waals surface area contributed by atoms with E-state index in [0.717, 1.165) is 11.6 Å². The molecule has 0 radical (unpaired) electrons. The van der Waals surface area contributed by atoms with Crippen LogP contribution in [0.5, 0.6) is 5.75 Å². The lowest BCUT2D eigenvalue weighted by Crippen LogP contribution is -2.42. The number of ether oxygens (including phenoxy) is 1. The molecule has 0 saturated carbocycles. The lowest BCUT2D eigenvalue weighted by Gasteiger charge is -2.24. The van der Waals surface area contributed by atoms with Crippen molar-refractivity contribution in [1.82, 2.24) is 20.1 Å². The number of hydrogen-bond donors (Lipinski definition) is 1. The Balaban J connectivity index is 1.67. The van der Waals surface area contributed by atoms with Gasteiger partial charge in [-0.3, -0.25) is 19.5 Å². The molecule has 3 heterocycles. The van der Waals surface area contributed by atoms with E-state index in [4.69, 9.17) is 9.84 Å². The number of nitrogens with one attached hydrogen (secondary N) is 1. The van der Waals surface area contributed by atoms with E-state index in [-0.39, 0.29) is 36.2 Å². The van der Waals surface area contributed by atoms with E-state index < -0.39 is 22.3 Å². The molecule has 4 aromatic rings. The number of fused-ring (bicyclic) bond motifs is 1. The highest BCUT2D eigenvalue weighted by Gasteiger charge is 2.40. The number of carbonyl (C=O) groups excluding carboxylic acids is 2. The molecule has 2 amide bonds. The van der Waals surface area contributed by atoms with Gasteiger partial charge in [-0.25, -0.2) is 13.5 Å². The first-order valence-electron chi connectivity index (χ1n) is 13.4. The second-order valence-electron chi connectivity index (χ2n) is 10.9. The number of anilines is 1. The minimum Gasteiger partial charge on any atom is -0.497 e. The maximum Gasteiger partial charge on any atom is 0.240 e. The summed E-state index contributed by atoms with van der Waals surface area (Å²) in [5.74, 6) is -1.15. The monoisotopic (exact) mass is 591 g/mol. The van der Waals surface area contributed by atoms with E-state index in [1.165, 1.54) is 28.8 Å². The largest absolute Gasteiger partial charge is 0.497 e. The molecule has 1 N–H and O–H groups in total. The third kappa shape index (κ3) is 6.01. The van der Waals surface area contributed by atoms with Crippen LogP contribution < -0.4 is 15.0 Å². The van der Waals surface area contributed by atoms with Gasteiger partial charge < -0.3 is 10.1 Å². The van der Waals surface area contributed by atoms with Crippen molar-refractivity contribution >= 4 is 29.4 Å². The van der Waals surface area contributed by atoms with Crippen molar-refractivity contribution in [3.8, 4) is 11.4 Å². The summed E-state index contributed by atoms with van der Waals surface area (Å²) >= 11 is 1.23. The summed E-state index contributed by atoms with van der Waals surface area (Å²) in [4.78, 5) is 32.5. The van der Waals surface area contributed by atoms with Crippen molar-refractivity contribution in [2.45, 2.75) is 38.0 Å². The van der Waals surface area contributed by atoms with Gasteiger partial charge in [0.25, 0.3) is 0 Å². The van der Waals surface area contributed by atoms with Gasteiger partial charge in [0.1, 0.15) is 29.7 Å². The molecule has 11 heteroatoms. The molecule has 42 heavy (non-hydrogen) atoms. The van der Waals surface area contributed by atoms with Gasteiger partial charge in [0.2, 0.25) is 11.8 Å². The van der Waals surface area contributed by atoms with Crippen molar-refractivity contribution in [3.63, 3.8) is 0 Å². The quantitative estimate of drug-likeness (QED) is 0.312. The molecule has 0 saturated heterocycles. The van der Waals surface area contributed by atoms with Gasteiger partial charge >= 0.3 is 0 Å². The number of benzene rings is 2. The van der Waals surface area contributed by atoms with Crippen LogP contribution in [0.2, 0.25) is 0 Å². The number of rotatable bonds is 7. The van der Waals surface area contributed by atoms with E-state index >= 15 is 4.39 Å². The first kappa shape index (κ1) is 29.2. The fourth-order valence-corrected chi connectivity index (χ4v) is 6.06. The Morgan fingerprint density at radius 1 is 1.14 bits per heavy atom. The van der Waals surface area contributed by atoms with Crippen LogP contribution in [0.3, 0.4) is 0 Å². The lowest BCUT2D eigenvalue weighted by atomic mass is 9.87. The van der Waals surface area contributed by atoms with Gasteiger partial charge in [-0.2, -0.15) is 5.10 Å². The standard InChI is InChI=1S/C31H31F2N5O3S/c1-31(2,3)29-27-28(23-12-7-20(32)14-24(23)33)42-18-26(40)37(17-25(39)35-16-19-6-5-13-34-15-19)30(27)38(36-29)21-8-10-22(41-4)11-9-21/h5-15,28H,16-18H2,1-4H3,(H,35,39)/t28-/m0/s1. The Labute approximate surface area is 247 Å². The van der Waals surface area contributed by atoms with Crippen molar-refractivity contribution < 1.29 is 23.1 Å². The molecule has 5 rings (SSSR count). The highest BCUT2D eigenvalue weighted by molar-refractivity contribution is 8.00. The second-order valence-corrected chi connectivity index (χ2v) is 12.0. The van der Waals surface area contributed by atoms with Crippen LogP contribution in [0.25, 0.3) is 5.69 Å². The highest BCUT2D eigenvalue weighted by atomic mass is 32.2. The molecular weight excluding hydrogens is 560 g/mol. The van der Waals surface area contributed by atoms with Crippen LogP contribution in [-0.2, 0) is 21.5 Å². The van der Waals surface area contributed by atoms with Gasteiger partial charge in [-0.1, -0.05) is 32.9 Å². The maximum absolute atomic E-state index is 15.3. The molecule has 0 unspecified atom stereocenters. The topological polar surface area (TPSA) is 89.3 Å². The molecule has 8 nitrogen and oxygen atoms in total. The minimum atomic E-state index is -0.717.